The van der Waals surface area contributed by atoms with E-state index in [2.05, 4.69) is 42.1 Å². The number of halogens is 2. The number of azo groups is 1. The number of rotatable bonds is 5. The van der Waals surface area contributed by atoms with E-state index in [0.717, 1.165) is 11.3 Å². The number of imide groups is 1. The van der Waals surface area contributed by atoms with Crippen LogP contribution in [0.25, 0.3) is 0 Å². The third-order valence-corrected chi connectivity index (χ3v) is 10.5. The fourth-order valence-corrected chi connectivity index (χ4v) is 8.00. The number of anilines is 2. The molecule has 4 aliphatic rings. The number of fused-ring (bicyclic) bond motifs is 3. The average Bonchev–Trinajstić information content (AvgIpc) is 3.32. The quantitative estimate of drug-likeness (QED) is 0.124. The van der Waals surface area contributed by atoms with E-state index in [0.29, 0.717) is 44.7 Å². The molecule has 1 saturated heterocycles. The van der Waals surface area contributed by atoms with Gasteiger partial charge in [0.15, 0.2) is 11.6 Å². The van der Waals surface area contributed by atoms with Crippen LogP contribution >= 0.6 is 31.9 Å². The third kappa shape index (κ3) is 5.31. The number of phenolic OH excluding ortho intramolecular Hbond substituents is 1. The van der Waals surface area contributed by atoms with Crippen LogP contribution in [0.5, 0.6) is 5.75 Å². The minimum absolute atomic E-state index is 0.0270. The predicted octanol–water partition coefficient (Wildman–Crippen LogP) is 7.60. The number of phenols is 1. The molecule has 3 aromatic rings. The van der Waals surface area contributed by atoms with Gasteiger partial charge in [-0.1, -0.05) is 27.6 Å². The molecule has 0 spiro atoms. The molecule has 1 aliphatic heterocycles. The van der Waals surface area contributed by atoms with E-state index < -0.39 is 23.7 Å². The summed E-state index contributed by atoms with van der Waals surface area (Å²) >= 11 is 6.71. The molecule has 2 amide bonds. The summed E-state index contributed by atoms with van der Waals surface area (Å²) in [5, 5.41) is 19.6. The summed E-state index contributed by atoms with van der Waals surface area (Å²) in [4.78, 5) is 58.1. The van der Waals surface area contributed by atoms with Crippen molar-refractivity contribution in [2.24, 2.45) is 28.0 Å². The van der Waals surface area contributed by atoms with Crippen molar-refractivity contribution in [3.05, 3.63) is 110 Å². The van der Waals surface area contributed by atoms with E-state index in [4.69, 9.17) is 0 Å². The normalized spacial score (nSPS) is 23.9. The Balaban J connectivity index is 1.20. The Morgan fingerprint density at radius 1 is 0.851 bits per heavy atom. The molecule has 236 valence electrons. The maximum atomic E-state index is 14.2. The van der Waals surface area contributed by atoms with Crippen LogP contribution in [-0.4, -0.2) is 42.6 Å². The molecule has 0 bridgehead atoms. The summed E-state index contributed by atoms with van der Waals surface area (Å²) in [6.07, 6.45) is 3.63. The highest BCUT2D eigenvalue weighted by Gasteiger charge is 2.56. The number of carbonyl (C=O) groups excluding carboxylic acids is 4. The fraction of sp³-hybridized carbons (Fsp3) is 0.222. The van der Waals surface area contributed by atoms with Crippen LogP contribution in [0.3, 0.4) is 0 Å². The first-order valence-corrected chi connectivity index (χ1v) is 16.7. The Morgan fingerprint density at radius 3 is 2.17 bits per heavy atom. The standard InChI is InChI=1S/C36H28Br2N4O5/c1-41(2)21-8-4-19(5-9-21)39-40-20-6-10-22(11-7-20)42-35(46)24-13-12-23-25(32(24)36(42)47)16-27-33(30(44)17-28(38)34(27)45)31(23)26-15-18(37)3-14-29(26)43/h3-12,14-15,17,24-25,31-32,43H,13,16H2,1-2H3. The zero-order chi connectivity index (χ0) is 33.1. The number of ketones is 2. The van der Waals surface area contributed by atoms with E-state index in [1.54, 1.807) is 36.4 Å². The minimum atomic E-state index is -0.740. The molecule has 3 aromatic carbocycles. The first kappa shape index (κ1) is 31.1. The lowest BCUT2D eigenvalue weighted by atomic mass is 9.59. The molecule has 1 fully saturated rings. The van der Waals surface area contributed by atoms with Crippen molar-refractivity contribution in [1.82, 2.24) is 0 Å². The first-order valence-electron chi connectivity index (χ1n) is 15.1. The number of nitrogens with zero attached hydrogens (tertiary/aromatic N) is 4. The van der Waals surface area contributed by atoms with Crippen LogP contribution in [0, 0.1) is 17.8 Å². The molecule has 9 nitrogen and oxygen atoms in total. The van der Waals surface area contributed by atoms with E-state index in [1.165, 1.54) is 17.0 Å². The fourth-order valence-electron chi connectivity index (χ4n) is 7.17. The summed E-state index contributed by atoms with van der Waals surface area (Å²) in [7, 11) is 3.92. The van der Waals surface area contributed by atoms with Gasteiger partial charge in [-0.05, 0) is 101 Å². The van der Waals surface area contributed by atoms with Gasteiger partial charge in [0.2, 0.25) is 11.8 Å². The lowest BCUT2D eigenvalue weighted by Gasteiger charge is -2.42. The van der Waals surface area contributed by atoms with Gasteiger partial charge in [0, 0.05) is 53.0 Å². The molecule has 47 heavy (non-hydrogen) atoms. The highest BCUT2D eigenvalue weighted by Crippen LogP contribution is 2.56. The van der Waals surface area contributed by atoms with Gasteiger partial charge in [0.1, 0.15) is 5.75 Å². The molecular formula is C36H28Br2N4O5. The molecular weight excluding hydrogens is 728 g/mol. The Kier molecular flexibility index (Phi) is 7.92. The van der Waals surface area contributed by atoms with Gasteiger partial charge >= 0.3 is 0 Å². The second kappa shape index (κ2) is 12.0. The predicted molar refractivity (Wildman–Crippen MR) is 184 cm³/mol. The maximum absolute atomic E-state index is 14.2. The van der Waals surface area contributed by atoms with Gasteiger partial charge in [-0.3, -0.25) is 24.1 Å². The van der Waals surface area contributed by atoms with Crippen LogP contribution in [0.1, 0.15) is 24.3 Å². The van der Waals surface area contributed by atoms with Crippen LogP contribution in [0.15, 0.2) is 115 Å². The van der Waals surface area contributed by atoms with Crippen molar-refractivity contribution in [1.29, 1.82) is 0 Å². The van der Waals surface area contributed by atoms with Gasteiger partial charge in [-0.25, -0.2) is 0 Å². The Bertz CT molecular complexity index is 2000. The summed E-state index contributed by atoms with van der Waals surface area (Å²) < 4.78 is 0.843. The van der Waals surface area contributed by atoms with Crippen molar-refractivity contribution < 1.29 is 24.3 Å². The topological polar surface area (TPSA) is 120 Å². The smallest absolute Gasteiger partial charge is 0.238 e. The summed E-state index contributed by atoms with van der Waals surface area (Å²) in [6.45, 7) is 0. The maximum Gasteiger partial charge on any atom is 0.238 e. The molecule has 1 N–H and O–H groups in total. The number of Topliss-reactive ketones (excluding diaryl/α,β-unsaturated/α-hetero) is 1. The molecule has 3 aliphatic carbocycles. The zero-order valence-corrected chi connectivity index (χ0v) is 28.5. The number of allylic oxidation sites excluding steroid dienone is 6. The van der Waals surface area contributed by atoms with E-state index >= 15 is 0 Å². The van der Waals surface area contributed by atoms with Crippen molar-refractivity contribution in [3.63, 3.8) is 0 Å². The van der Waals surface area contributed by atoms with Gasteiger partial charge in [0.25, 0.3) is 0 Å². The van der Waals surface area contributed by atoms with Crippen LogP contribution in [-0.2, 0) is 19.2 Å². The molecule has 11 heteroatoms. The summed E-state index contributed by atoms with van der Waals surface area (Å²) in [5.41, 5.74) is 4.57. The highest BCUT2D eigenvalue weighted by molar-refractivity contribution is 9.12. The number of hydrogen-bond acceptors (Lipinski definition) is 8. The largest absolute Gasteiger partial charge is 0.508 e. The lowest BCUT2D eigenvalue weighted by Crippen LogP contribution is -2.39. The van der Waals surface area contributed by atoms with Crippen molar-refractivity contribution in [2.45, 2.75) is 18.8 Å². The third-order valence-electron chi connectivity index (χ3n) is 9.39. The summed E-state index contributed by atoms with van der Waals surface area (Å²) in [6, 6.07) is 19.4. The molecule has 4 atom stereocenters. The number of hydrogen-bond donors (Lipinski definition) is 1. The number of aromatic hydroxyl groups is 1. The van der Waals surface area contributed by atoms with Gasteiger partial charge < -0.3 is 10.0 Å². The van der Waals surface area contributed by atoms with Crippen molar-refractivity contribution >= 4 is 78.0 Å². The Hall–Kier alpha value is -4.48. The second-order valence-corrected chi connectivity index (χ2v) is 14.0. The average molecular weight is 756 g/mol. The lowest BCUT2D eigenvalue weighted by molar-refractivity contribution is -0.123. The molecule has 4 unspecified atom stereocenters. The van der Waals surface area contributed by atoms with Crippen LogP contribution < -0.4 is 9.80 Å². The Morgan fingerprint density at radius 2 is 1.51 bits per heavy atom. The highest BCUT2D eigenvalue weighted by atomic mass is 79.9. The number of carbonyl (C=O) groups is 4. The van der Waals surface area contributed by atoms with E-state index in [9.17, 15) is 24.3 Å². The molecule has 0 saturated carbocycles. The SMILES string of the molecule is CN(C)c1ccc(N=Nc2ccc(N3C(=O)C4CC=C5C(c6cc(Br)ccc6O)C6=C(CC5C4C3=O)C(=O)C(Br)=CC6=O)cc2)cc1. The number of amides is 2. The molecule has 1 heterocycles. The first-order chi connectivity index (χ1) is 22.5. The van der Waals surface area contributed by atoms with E-state index in [-0.39, 0.29) is 40.0 Å². The molecule has 0 aromatic heterocycles. The van der Waals surface area contributed by atoms with Gasteiger partial charge in [-0.15, -0.1) is 0 Å². The van der Waals surface area contributed by atoms with E-state index in [1.807, 2.05) is 49.3 Å². The minimum Gasteiger partial charge on any atom is -0.508 e. The van der Waals surface area contributed by atoms with Crippen molar-refractivity contribution in [3.8, 4) is 5.75 Å². The van der Waals surface area contributed by atoms with Gasteiger partial charge in [0.05, 0.1) is 33.4 Å². The van der Waals surface area contributed by atoms with Crippen molar-refractivity contribution in [2.75, 3.05) is 23.9 Å². The number of benzene rings is 3. The monoisotopic (exact) mass is 754 g/mol. The van der Waals surface area contributed by atoms with Gasteiger partial charge in [-0.2, -0.15) is 10.2 Å². The second-order valence-electron chi connectivity index (χ2n) is 12.2. The Labute approximate surface area is 287 Å². The molecule has 0 radical (unpaired) electrons. The molecule has 7 rings (SSSR count). The van der Waals surface area contributed by atoms with Crippen LogP contribution in [0.4, 0.5) is 22.7 Å². The van der Waals surface area contributed by atoms with Crippen LogP contribution in [0.2, 0.25) is 0 Å². The summed E-state index contributed by atoms with van der Waals surface area (Å²) in [5.74, 6) is -3.94. The zero-order valence-electron chi connectivity index (χ0n) is 25.4.